The molecule has 1 aromatic heterocycles. The van der Waals surface area contributed by atoms with Crippen molar-refractivity contribution in [2.45, 2.75) is 57.7 Å². The van der Waals surface area contributed by atoms with Crippen molar-refractivity contribution in [3.63, 3.8) is 0 Å². The van der Waals surface area contributed by atoms with Gasteiger partial charge in [0.1, 0.15) is 0 Å². The van der Waals surface area contributed by atoms with Gasteiger partial charge in [-0.05, 0) is 52.7 Å². The molecule has 35 heavy (non-hydrogen) atoms. The van der Waals surface area contributed by atoms with Crippen molar-refractivity contribution in [3.05, 3.63) is 42.5 Å². The van der Waals surface area contributed by atoms with E-state index in [4.69, 9.17) is 14.2 Å². The van der Waals surface area contributed by atoms with Gasteiger partial charge in [0, 0.05) is 41.1 Å². The molecular weight excluding hydrogens is 453 g/mol. The number of likely N-dealkylation sites (tertiary alicyclic amines) is 1. The number of nitrogens with zero attached hydrogens (tertiary/aromatic N) is 3. The number of ether oxygens (including phenoxy) is 3. The average molecular weight is 488 g/mol. The summed E-state index contributed by atoms with van der Waals surface area (Å²) in [6, 6.07) is 5.25. The highest BCUT2D eigenvalue weighted by Crippen LogP contribution is 2.40. The molecule has 0 atom stereocenters. The molecule has 3 rings (SSSR count). The van der Waals surface area contributed by atoms with Gasteiger partial charge >= 0.3 is 5.97 Å². The Bertz CT molecular complexity index is 1070. The third-order valence-electron chi connectivity index (χ3n) is 6.08. The van der Waals surface area contributed by atoms with Crippen LogP contribution in [0.2, 0.25) is 0 Å². The minimum Gasteiger partial charge on any atom is -0.493 e. The monoisotopic (exact) mass is 487 g/mol. The second-order valence-corrected chi connectivity index (χ2v) is 9.67. The lowest BCUT2D eigenvalue weighted by Gasteiger charge is -2.55. The number of carbonyl (C=O) groups excluding carboxylic acids is 1. The minimum atomic E-state index is -0.536. The molecule has 0 radical (unpaired) electrons. The van der Waals surface area contributed by atoms with Crippen LogP contribution in [-0.2, 0) is 9.53 Å². The lowest BCUT2D eigenvalue weighted by Crippen LogP contribution is -2.60. The van der Waals surface area contributed by atoms with Crippen LogP contribution in [-0.4, -0.2) is 59.3 Å². The summed E-state index contributed by atoms with van der Waals surface area (Å²) in [5, 5.41) is 6.35. The van der Waals surface area contributed by atoms with Gasteiger partial charge in [0.05, 0.1) is 27.5 Å². The maximum atomic E-state index is 14.7. The number of halogens is 1. The number of nitrogens with one attached hydrogen (secondary N) is 2. The van der Waals surface area contributed by atoms with Crippen molar-refractivity contribution >= 4 is 23.4 Å². The number of methoxy groups -OCH3 is 3. The first-order valence-corrected chi connectivity index (χ1v) is 11.3. The molecule has 1 aliphatic rings. The second-order valence-electron chi connectivity index (χ2n) is 9.67. The molecule has 1 aliphatic heterocycles. The van der Waals surface area contributed by atoms with Gasteiger partial charge in [0.15, 0.2) is 23.1 Å². The summed E-state index contributed by atoms with van der Waals surface area (Å²) >= 11 is 0. The van der Waals surface area contributed by atoms with Crippen molar-refractivity contribution in [2.75, 3.05) is 32.0 Å². The maximum absolute atomic E-state index is 14.7. The Balaban J connectivity index is 1.78. The van der Waals surface area contributed by atoms with E-state index in [2.05, 4.69) is 53.2 Å². The Morgan fingerprint density at radius 3 is 2.37 bits per heavy atom. The predicted octanol–water partition coefficient (Wildman–Crippen LogP) is 4.50. The molecule has 2 aromatic rings. The Hall–Kier alpha value is -3.56. The fourth-order valence-corrected chi connectivity index (χ4v) is 4.77. The maximum Gasteiger partial charge on any atom is 0.331 e. The highest BCUT2D eigenvalue weighted by molar-refractivity contribution is 5.81. The van der Waals surface area contributed by atoms with Gasteiger partial charge in [-0.15, -0.1) is 0 Å². The van der Waals surface area contributed by atoms with E-state index in [1.165, 1.54) is 13.2 Å². The number of anilines is 3. The number of carbonyl (C=O) groups is 1. The van der Waals surface area contributed by atoms with Crippen LogP contribution >= 0.6 is 0 Å². The fourth-order valence-electron chi connectivity index (χ4n) is 4.77. The zero-order valence-electron chi connectivity index (χ0n) is 21.3. The van der Waals surface area contributed by atoms with Crippen LogP contribution < -0.4 is 20.1 Å². The Morgan fingerprint density at radius 1 is 1.11 bits per heavy atom. The molecule has 0 bridgehead atoms. The normalized spacial score (nSPS) is 17.2. The van der Waals surface area contributed by atoms with Gasteiger partial charge in [-0.25, -0.2) is 14.2 Å². The lowest BCUT2D eigenvalue weighted by atomic mass is 9.77. The summed E-state index contributed by atoms with van der Waals surface area (Å²) < 4.78 is 30.0. The van der Waals surface area contributed by atoms with E-state index >= 15 is 0 Å². The number of hydrogen-bond donors (Lipinski definition) is 2. The topological polar surface area (TPSA) is 97.8 Å². The highest BCUT2D eigenvalue weighted by atomic mass is 19.1. The van der Waals surface area contributed by atoms with E-state index in [0.717, 1.165) is 6.20 Å². The van der Waals surface area contributed by atoms with Gasteiger partial charge < -0.3 is 29.7 Å². The van der Waals surface area contributed by atoms with Crippen LogP contribution in [0.1, 0.15) is 40.5 Å². The predicted molar refractivity (Wildman–Crippen MR) is 133 cm³/mol. The summed E-state index contributed by atoms with van der Waals surface area (Å²) in [5.74, 6) is 0.575. The van der Waals surface area contributed by atoms with Crippen molar-refractivity contribution in [3.8, 4) is 11.5 Å². The van der Waals surface area contributed by atoms with Crippen LogP contribution in [0.5, 0.6) is 11.5 Å². The standard InChI is InChI=1S/C25H34FN5O4/c1-24(2)13-17(14-25(3,4)31(24)11-10-21(32)35-7)28-22-18(26)15-27-23(30-22)29-16-8-9-19(33-5)20(12-16)34-6/h8-12,15,17H,13-14H2,1-7H3,(H2,27,28,29,30). The van der Waals surface area contributed by atoms with Crippen molar-refractivity contribution < 1.29 is 23.4 Å². The number of esters is 1. The Morgan fingerprint density at radius 2 is 1.77 bits per heavy atom. The van der Waals surface area contributed by atoms with E-state index in [0.29, 0.717) is 30.0 Å². The van der Waals surface area contributed by atoms with Crippen molar-refractivity contribution in [1.82, 2.24) is 14.9 Å². The first kappa shape index (κ1) is 26.1. The van der Waals surface area contributed by atoms with Crippen LogP contribution in [0.15, 0.2) is 36.7 Å². The molecule has 0 amide bonds. The van der Waals surface area contributed by atoms with Gasteiger partial charge in [0.2, 0.25) is 5.95 Å². The molecule has 2 heterocycles. The third kappa shape index (κ3) is 6.12. The largest absolute Gasteiger partial charge is 0.493 e. The summed E-state index contributed by atoms with van der Waals surface area (Å²) in [7, 11) is 4.47. The number of piperidine rings is 1. The number of benzene rings is 1. The molecule has 10 heteroatoms. The lowest BCUT2D eigenvalue weighted by molar-refractivity contribution is -0.135. The molecule has 2 N–H and O–H groups in total. The number of aromatic nitrogens is 2. The van der Waals surface area contributed by atoms with E-state index in [1.54, 1.807) is 38.6 Å². The molecule has 0 saturated carbocycles. The smallest absolute Gasteiger partial charge is 0.331 e. The minimum absolute atomic E-state index is 0.0545. The Labute approximate surface area is 205 Å². The fraction of sp³-hybridized carbons (Fsp3) is 0.480. The first-order chi connectivity index (χ1) is 16.5. The van der Waals surface area contributed by atoms with Crippen LogP contribution in [0.25, 0.3) is 0 Å². The quantitative estimate of drug-likeness (QED) is 0.412. The molecule has 0 aliphatic carbocycles. The number of rotatable bonds is 8. The Kier molecular flexibility index (Phi) is 7.72. The molecule has 9 nitrogen and oxygen atoms in total. The molecule has 0 spiro atoms. The zero-order valence-corrected chi connectivity index (χ0v) is 21.3. The van der Waals surface area contributed by atoms with E-state index in [1.807, 2.05) is 0 Å². The van der Waals surface area contributed by atoms with Crippen molar-refractivity contribution in [2.24, 2.45) is 0 Å². The van der Waals surface area contributed by atoms with E-state index in [9.17, 15) is 9.18 Å². The van der Waals surface area contributed by atoms with E-state index < -0.39 is 11.8 Å². The molecule has 1 aromatic carbocycles. The third-order valence-corrected chi connectivity index (χ3v) is 6.08. The van der Waals surface area contributed by atoms with Crippen LogP contribution in [0, 0.1) is 5.82 Å². The van der Waals surface area contributed by atoms with Gasteiger partial charge in [-0.2, -0.15) is 4.98 Å². The number of hydrogen-bond acceptors (Lipinski definition) is 9. The van der Waals surface area contributed by atoms with Crippen LogP contribution in [0.4, 0.5) is 21.8 Å². The van der Waals surface area contributed by atoms with E-state index in [-0.39, 0.29) is 28.9 Å². The molecular formula is C25H34FN5O4. The summed E-state index contributed by atoms with van der Waals surface area (Å²) in [6.07, 6.45) is 5.74. The molecule has 190 valence electrons. The second kappa shape index (κ2) is 10.4. The summed E-state index contributed by atoms with van der Waals surface area (Å²) in [4.78, 5) is 22.2. The van der Waals surface area contributed by atoms with Crippen LogP contribution in [0.3, 0.4) is 0 Å². The van der Waals surface area contributed by atoms with Crippen molar-refractivity contribution in [1.29, 1.82) is 0 Å². The first-order valence-electron chi connectivity index (χ1n) is 11.3. The van der Waals surface area contributed by atoms with Gasteiger partial charge in [-0.3, -0.25) is 0 Å². The SMILES string of the molecule is COC(=O)C=CN1C(C)(C)CC(Nc2nc(Nc3ccc(OC)c(OC)c3)ncc2F)CC1(C)C. The average Bonchev–Trinajstić information content (AvgIpc) is 2.79. The van der Waals surface area contributed by atoms with Gasteiger partial charge in [-0.1, -0.05) is 0 Å². The molecule has 1 saturated heterocycles. The molecule has 1 fully saturated rings. The summed E-state index contributed by atoms with van der Waals surface area (Å²) in [5.41, 5.74) is 0.0516. The highest BCUT2D eigenvalue weighted by Gasteiger charge is 2.44. The summed E-state index contributed by atoms with van der Waals surface area (Å²) in [6.45, 7) is 8.35. The van der Waals surface area contributed by atoms with Gasteiger partial charge in [0.25, 0.3) is 0 Å². The zero-order chi connectivity index (χ0) is 25.8. The molecule has 0 unspecified atom stereocenters.